The SMILES string of the molecule is CCN(C(=O)C(C)Sc1nnc(-c2ccco2)o1)c1ccccc1. The van der Waals surface area contributed by atoms with Gasteiger partial charge in [-0.15, -0.1) is 10.2 Å². The van der Waals surface area contributed by atoms with Crippen LogP contribution in [0.4, 0.5) is 5.69 Å². The van der Waals surface area contributed by atoms with Crippen molar-refractivity contribution in [1.29, 1.82) is 0 Å². The van der Waals surface area contributed by atoms with Crippen LogP contribution in [0, 0.1) is 0 Å². The van der Waals surface area contributed by atoms with Crippen LogP contribution < -0.4 is 4.90 Å². The highest BCUT2D eigenvalue weighted by Gasteiger charge is 2.24. The number of carbonyl (C=O) groups is 1. The van der Waals surface area contributed by atoms with Crippen molar-refractivity contribution in [2.45, 2.75) is 24.3 Å². The number of amides is 1. The van der Waals surface area contributed by atoms with E-state index in [9.17, 15) is 4.79 Å². The maximum Gasteiger partial charge on any atom is 0.284 e. The highest BCUT2D eigenvalue weighted by atomic mass is 32.2. The normalized spacial score (nSPS) is 12.1. The van der Waals surface area contributed by atoms with Crippen molar-refractivity contribution in [1.82, 2.24) is 10.2 Å². The number of nitrogens with zero attached hydrogens (tertiary/aromatic N) is 3. The van der Waals surface area contributed by atoms with Crippen LogP contribution in [-0.2, 0) is 4.79 Å². The van der Waals surface area contributed by atoms with Gasteiger partial charge in [-0.2, -0.15) is 0 Å². The average molecular weight is 343 g/mol. The summed E-state index contributed by atoms with van der Waals surface area (Å²) in [5.41, 5.74) is 0.874. The lowest BCUT2D eigenvalue weighted by atomic mass is 10.2. The molecule has 0 saturated heterocycles. The van der Waals surface area contributed by atoms with Crippen LogP contribution in [0.2, 0.25) is 0 Å². The van der Waals surface area contributed by atoms with E-state index in [1.807, 2.05) is 44.2 Å². The van der Waals surface area contributed by atoms with E-state index in [0.717, 1.165) is 5.69 Å². The first kappa shape index (κ1) is 16.3. The van der Waals surface area contributed by atoms with Gasteiger partial charge < -0.3 is 13.7 Å². The molecule has 124 valence electrons. The Morgan fingerprint density at radius 2 is 2.00 bits per heavy atom. The Hall–Kier alpha value is -2.54. The highest BCUT2D eigenvalue weighted by Crippen LogP contribution is 2.28. The van der Waals surface area contributed by atoms with Crippen LogP contribution in [0.3, 0.4) is 0 Å². The zero-order valence-corrected chi connectivity index (χ0v) is 14.2. The zero-order valence-electron chi connectivity index (χ0n) is 13.4. The molecule has 0 radical (unpaired) electrons. The summed E-state index contributed by atoms with van der Waals surface area (Å²) in [4.78, 5) is 14.4. The van der Waals surface area contributed by atoms with Crippen LogP contribution in [0.1, 0.15) is 13.8 Å². The van der Waals surface area contributed by atoms with E-state index in [0.29, 0.717) is 23.4 Å². The van der Waals surface area contributed by atoms with Crippen molar-refractivity contribution in [3.8, 4) is 11.7 Å². The molecule has 0 N–H and O–H groups in total. The highest BCUT2D eigenvalue weighted by molar-refractivity contribution is 8.00. The number of anilines is 1. The van der Waals surface area contributed by atoms with Crippen molar-refractivity contribution in [2.24, 2.45) is 0 Å². The molecule has 7 heteroatoms. The van der Waals surface area contributed by atoms with Crippen molar-refractivity contribution in [3.05, 3.63) is 48.7 Å². The number of thioether (sulfide) groups is 1. The molecule has 0 aliphatic rings. The summed E-state index contributed by atoms with van der Waals surface area (Å²) in [7, 11) is 0. The van der Waals surface area contributed by atoms with Crippen LogP contribution in [0.5, 0.6) is 0 Å². The fourth-order valence-corrected chi connectivity index (χ4v) is 3.00. The van der Waals surface area contributed by atoms with Crippen LogP contribution in [0.15, 0.2) is 62.8 Å². The molecule has 0 bridgehead atoms. The van der Waals surface area contributed by atoms with Gasteiger partial charge in [-0.1, -0.05) is 30.0 Å². The van der Waals surface area contributed by atoms with E-state index in [1.54, 1.807) is 17.0 Å². The first-order valence-corrected chi connectivity index (χ1v) is 8.47. The molecular formula is C17H17N3O3S. The summed E-state index contributed by atoms with van der Waals surface area (Å²) < 4.78 is 10.8. The number of benzene rings is 1. The summed E-state index contributed by atoms with van der Waals surface area (Å²) in [6.07, 6.45) is 1.54. The molecule has 3 rings (SSSR count). The van der Waals surface area contributed by atoms with Gasteiger partial charge in [0.2, 0.25) is 5.91 Å². The molecule has 0 spiro atoms. The number of carbonyl (C=O) groups excluding carboxylic acids is 1. The summed E-state index contributed by atoms with van der Waals surface area (Å²) in [6, 6.07) is 13.1. The van der Waals surface area contributed by atoms with E-state index < -0.39 is 0 Å². The lowest BCUT2D eigenvalue weighted by molar-refractivity contribution is -0.117. The zero-order chi connectivity index (χ0) is 16.9. The third kappa shape index (κ3) is 3.51. The van der Waals surface area contributed by atoms with Gasteiger partial charge in [-0.25, -0.2) is 0 Å². The largest absolute Gasteiger partial charge is 0.459 e. The first-order chi connectivity index (χ1) is 11.7. The predicted molar refractivity (Wildman–Crippen MR) is 91.8 cm³/mol. The van der Waals surface area contributed by atoms with Gasteiger partial charge >= 0.3 is 0 Å². The van der Waals surface area contributed by atoms with E-state index in [-0.39, 0.29) is 11.2 Å². The van der Waals surface area contributed by atoms with Gasteiger partial charge in [-0.05, 0) is 38.1 Å². The monoisotopic (exact) mass is 343 g/mol. The van der Waals surface area contributed by atoms with E-state index in [2.05, 4.69) is 10.2 Å². The Morgan fingerprint density at radius 1 is 1.21 bits per heavy atom. The van der Waals surface area contributed by atoms with Crippen molar-refractivity contribution < 1.29 is 13.6 Å². The van der Waals surface area contributed by atoms with Crippen LogP contribution in [0.25, 0.3) is 11.7 Å². The number of furan rings is 1. The average Bonchev–Trinajstić information content (AvgIpc) is 3.27. The third-order valence-corrected chi connectivity index (χ3v) is 4.34. The summed E-state index contributed by atoms with van der Waals surface area (Å²) >= 11 is 1.23. The molecule has 1 unspecified atom stereocenters. The lowest BCUT2D eigenvalue weighted by Crippen LogP contribution is -2.36. The smallest absolute Gasteiger partial charge is 0.284 e. The van der Waals surface area contributed by atoms with Crippen molar-refractivity contribution in [2.75, 3.05) is 11.4 Å². The molecule has 24 heavy (non-hydrogen) atoms. The van der Waals surface area contributed by atoms with Gasteiger partial charge in [-0.3, -0.25) is 4.79 Å². The summed E-state index contributed by atoms with van der Waals surface area (Å²) in [6.45, 7) is 4.37. The van der Waals surface area contributed by atoms with Crippen LogP contribution in [-0.4, -0.2) is 27.9 Å². The Kier molecular flexibility index (Phi) is 5.00. The second-order valence-corrected chi connectivity index (χ2v) is 6.32. The lowest BCUT2D eigenvalue weighted by Gasteiger charge is -2.23. The molecule has 1 amide bonds. The van der Waals surface area contributed by atoms with Gasteiger partial charge in [0.05, 0.1) is 11.5 Å². The maximum absolute atomic E-state index is 12.7. The summed E-state index contributed by atoms with van der Waals surface area (Å²) in [5, 5.41) is 7.89. The number of hydrogen-bond acceptors (Lipinski definition) is 6. The molecule has 1 atom stereocenters. The molecule has 2 aromatic heterocycles. The van der Waals surface area contributed by atoms with Gasteiger partial charge in [0, 0.05) is 12.2 Å². The second kappa shape index (κ2) is 7.35. The van der Waals surface area contributed by atoms with E-state index in [1.165, 1.54) is 18.0 Å². The maximum atomic E-state index is 12.7. The van der Waals surface area contributed by atoms with Crippen molar-refractivity contribution in [3.63, 3.8) is 0 Å². The Balaban J connectivity index is 1.70. The van der Waals surface area contributed by atoms with Gasteiger partial charge in [0.1, 0.15) is 0 Å². The Morgan fingerprint density at radius 3 is 2.67 bits per heavy atom. The molecule has 1 aromatic carbocycles. The number of rotatable bonds is 6. The fourth-order valence-electron chi connectivity index (χ4n) is 2.25. The molecule has 6 nitrogen and oxygen atoms in total. The van der Waals surface area contributed by atoms with Crippen LogP contribution >= 0.6 is 11.8 Å². The topological polar surface area (TPSA) is 72.4 Å². The quantitative estimate of drug-likeness (QED) is 0.633. The number of hydrogen-bond donors (Lipinski definition) is 0. The summed E-state index contributed by atoms with van der Waals surface area (Å²) in [5.74, 6) is 0.803. The minimum Gasteiger partial charge on any atom is -0.459 e. The molecule has 3 aromatic rings. The standard InChI is InChI=1S/C17H17N3O3S/c1-3-20(13-8-5-4-6-9-13)16(21)12(2)24-17-19-18-15(23-17)14-10-7-11-22-14/h4-12H,3H2,1-2H3. The van der Waals surface area contributed by atoms with Gasteiger partial charge in [0.15, 0.2) is 5.76 Å². The minimum absolute atomic E-state index is 0.00792. The van der Waals surface area contributed by atoms with E-state index in [4.69, 9.17) is 8.83 Å². The molecule has 0 aliphatic heterocycles. The van der Waals surface area contributed by atoms with Gasteiger partial charge in [0.25, 0.3) is 11.1 Å². The van der Waals surface area contributed by atoms with Crippen molar-refractivity contribution >= 4 is 23.4 Å². The fraction of sp³-hybridized carbons (Fsp3) is 0.235. The predicted octanol–water partition coefficient (Wildman–Crippen LogP) is 3.86. The Bertz CT molecular complexity index is 787. The molecule has 0 saturated carbocycles. The second-order valence-electron chi connectivity index (χ2n) is 5.03. The molecule has 0 fully saturated rings. The number of aromatic nitrogens is 2. The first-order valence-electron chi connectivity index (χ1n) is 7.59. The third-order valence-electron chi connectivity index (χ3n) is 3.41. The molecule has 0 aliphatic carbocycles. The number of para-hydroxylation sites is 1. The van der Waals surface area contributed by atoms with E-state index >= 15 is 0 Å². The minimum atomic E-state index is -0.352. The molecular weight excluding hydrogens is 326 g/mol. The molecule has 2 heterocycles. The Labute approximate surface area is 143 Å².